The number of ether oxygens (including phenoxy) is 1. The van der Waals surface area contributed by atoms with Gasteiger partial charge in [0.15, 0.2) is 5.82 Å². The predicted molar refractivity (Wildman–Crippen MR) is 52.9 cm³/mol. The molecule has 1 unspecified atom stereocenters. The van der Waals surface area contributed by atoms with Gasteiger partial charge in [-0.1, -0.05) is 11.6 Å². The summed E-state index contributed by atoms with van der Waals surface area (Å²) in [4.78, 5) is 0. The van der Waals surface area contributed by atoms with E-state index in [1.54, 1.807) is 0 Å². The quantitative estimate of drug-likeness (QED) is 0.611. The number of rotatable bonds is 1. The van der Waals surface area contributed by atoms with Gasteiger partial charge in [0.2, 0.25) is 0 Å². The lowest BCUT2D eigenvalue weighted by atomic mass is 10.1. The molecule has 1 aromatic rings. The van der Waals surface area contributed by atoms with E-state index in [1.165, 1.54) is 0 Å². The number of halogens is 4. The second-order valence-corrected chi connectivity index (χ2v) is 3.82. The Morgan fingerprint density at radius 1 is 1.31 bits per heavy atom. The second kappa shape index (κ2) is 4.61. The predicted octanol–water partition coefficient (Wildman–Crippen LogP) is 2.42. The smallest absolute Gasteiger partial charge is 0.153 e. The summed E-state index contributed by atoms with van der Waals surface area (Å²) in [5.74, 6) is -3.18. The van der Waals surface area contributed by atoms with Crippen LogP contribution >= 0.6 is 11.6 Å². The molecule has 2 nitrogen and oxygen atoms in total. The van der Waals surface area contributed by atoms with Gasteiger partial charge in [0, 0.05) is 19.2 Å². The van der Waals surface area contributed by atoms with Gasteiger partial charge in [-0.2, -0.15) is 0 Å². The van der Waals surface area contributed by atoms with Crippen molar-refractivity contribution >= 4 is 11.6 Å². The molecule has 88 valence electrons. The minimum Gasteiger partial charge on any atom is -0.371 e. The fraction of sp³-hybridized carbons (Fsp3) is 0.400. The van der Waals surface area contributed by atoms with Crippen LogP contribution < -0.4 is 5.32 Å². The Morgan fingerprint density at radius 2 is 2.06 bits per heavy atom. The van der Waals surface area contributed by atoms with Crippen molar-refractivity contribution in [2.75, 3.05) is 19.7 Å². The van der Waals surface area contributed by atoms with Gasteiger partial charge in [-0.3, -0.25) is 0 Å². The van der Waals surface area contributed by atoms with E-state index in [4.69, 9.17) is 16.3 Å². The zero-order valence-electron chi connectivity index (χ0n) is 8.20. The third kappa shape index (κ3) is 2.03. The Bertz CT molecular complexity index is 408. The van der Waals surface area contributed by atoms with E-state index in [-0.39, 0.29) is 12.1 Å². The van der Waals surface area contributed by atoms with Crippen molar-refractivity contribution in [3.05, 3.63) is 34.1 Å². The van der Waals surface area contributed by atoms with E-state index < -0.39 is 28.6 Å². The van der Waals surface area contributed by atoms with Gasteiger partial charge in [0.1, 0.15) is 22.8 Å². The van der Waals surface area contributed by atoms with Crippen molar-refractivity contribution in [3.63, 3.8) is 0 Å². The van der Waals surface area contributed by atoms with Crippen LogP contribution in [0.1, 0.15) is 11.7 Å². The summed E-state index contributed by atoms with van der Waals surface area (Å²) in [5.41, 5.74) is -0.321. The molecular weight excluding hydrogens is 243 g/mol. The first-order valence-electron chi connectivity index (χ1n) is 4.76. The van der Waals surface area contributed by atoms with Gasteiger partial charge in [0.05, 0.1) is 12.2 Å². The molecular formula is C10H9ClF3NO. The number of hydrogen-bond donors (Lipinski definition) is 1. The molecule has 0 aromatic heterocycles. The van der Waals surface area contributed by atoms with Crippen LogP contribution in [0.2, 0.25) is 5.02 Å². The Balaban J connectivity index is 2.42. The lowest BCUT2D eigenvalue weighted by Gasteiger charge is -2.24. The molecule has 1 saturated heterocycles. The average molecular weight is 252 g/mol. The maximum Gasteiger partial charge on any atom is 0.153 e. The Hall–Kier alpha value is -0.780. The van der Waals surface area contributed by atoms with Crippen LogP contribution in [0.3, 0.4) is 0 Å². The highest BCUT2D eigenvalue weighted by atomic mass is 35.5. The van der Waals surface area contributed by atoms with Crippen LogP contribution in [0.5, 0.6) is 0 Å². The van der Waals surface area contributed by atoms with Crippen molar-refractivity contribution in [1.82, 2.24) is 5.32 Å². The van der Waals surface area contributed by atoms with Crippen molar-refractivity contribution in [3.8, 4) is 0 Å². The lowest BCUT2D eigenvalue weighted by Crippen LogP contribution is -2.34. The summed E-state index contributed by atoms with van der Waals surface area (Å²) in [6.45, 7) is 1.24. The van der Waals surface area contributed by atoms with Crippen LogP contribution in [-0.4, -0.2) is 19.7 Å². The standard InChI is InChI=1S/C10H9ClF3NO/c11-9-6(13)3-5(12)8(10(9)14)7-4-15-1-2-16-7/h3,7,15H,1-2,4H2. The third-order valence-electron chi connectivity index (χ3n) is 2.40. The first-order chi connectivity index (χ1) is 7.61. The normalized spacial score (nSPS) is 21.1. The molecule has 0 bridgehead atoms. The zero-order chi connectivity index (χ0) is 11.7. The van der Waals surface area contributed by atoms with E-state index >= 15 is 0 Å². The minimum absolute atomic E-state index is 0.274. The highest BCUT2D eigenvalue weighted by Gasteiger charge is 2.26. The lowest BCUT2D eigenvalue weighted by molar-refractivity contribution is 0.0231. The molecule has 1 fully saturated rings. The molecule has 0 aliphatic carbocycles. The maximum absolute atomic E-state index is 13.6. The minimum atomic E-state index is -1.11. The molecule has 1 N–H and O–H groups in total. The maximum atomic E-state index is 13.6. The summed E-state index contributed by atoms with van der Waals surface area (Å²) in [7, 11) is 0. The summed E-state index contributed by atoms with van der Waals surface area (Å²) < 4.78 is 45.1. The van der Waals surface area contributed by atoms with Gasteiger partial charge in [-0.15, -0.1) is 0 Å². The molecule has 16 heavy (non-hydrogen) atoms. The highest BCUT2D eigenvalue weighted by molar-refractivity contribution is 6.30. The van der Waals surface area contributed by atoms with Crippen molar-refractivity contribution in [2.24, 2.45) is 0 Å². The van der Waals surface area contributed by atoms with E-state index in [2.05, 4.69) is 5.32 Å². The average Bonchev–Trinajstić information content (AvgIpc) is 2.28. The van der Waals surface area contributed by atoms with Crippen LogP contribution in [0.15, 0.2) is 6.07 Å². The molecule has 2 rings (SSSR count). The topological polar surface area (TPSA) is 21.3 Å². The first kappa shape index (κ1) is 11.7. The Morgan fingerprint density at radius 3 is 2.69 bits per heavy atom. The van der Waals surface area contributed by atoms with Crippen LogP contribution in [0, 0.1) is 17.5 Å². The van der Waals surface area contributed by atoms with Gasteiger partial charge in [-0.25, -0.2) is 13.2 Å². The largest absolute Gasteiger partial charge is 0.371 e. The van der Waals surface area contributed by atoms with E-state index in [1.807, 2.05) is 0 Å². The van der Waals surface area contributed by atoms with Crippen LogP contribution in [0.25, 0.3) is 0 Å². The van der Waals surface area contributed by atoms with Crippen molar-refractivity contribution in [2.45, 2.75) is 6.10 Å². The van der Waals surface area contributed by atoms with Crippen LogP contribution in [0.4, 0.5) is 13.2 Å². The van der Waals surface area contributed by atoms with Gasteiger partial charge in [0.25, 0.3) is 0 Å². The number of benzene rings is 1. The molecule has 0 saturated carbocycles. The van der Waals surface area contributed by atoms with E-state index in [9.17, 15) is 13.2 Å². The Kier molecular flexibility index (Phi) is 3.37. The molecule has 6 heteroatoms. The molecule has 1 aliphatic rings. The highest BCUT2D eigenvalue weighted by Crippen LogP contribution is 2.30. The number of morpholine rings is 1. The van der Waals surface area contributed by atoms with Crippen molar-refractivity contribution < 1.29 is 17.9 Å². The summed E-state index contributed by atoms with van der Waals surface area (Å²) in [6, 6.07) is 0.568. The Labute approximate surface area is 95.3 Å². The third-order valence-corrected chi connectivity index (χ3v) is 2.75. The number of hydrogen-bond acceptors (Lipinski definition) is 2. The monoisotopic (exact) mass is 251 g/mol. The first-order valence-corrected chi connectivity index (χ1v) is 5.14. The molecule has 1 atom stereocenters. The summed E-state index contributed by atoms with van der Waals surface area (Å²) >= 11 is 5.38. The fourth-order valence-electron chi connectivity index (χ4n) is 1.63. The molecule has 1 heterocycles. The van der Waals surface area contributed by atoms with Gasteiger partial charge in [-0.05, 0) is 0 Å². The molecule has 0 radical (unpaired) electrons. The molecule has 0 amide bonds. The second-order valence-electron chi connectivity index (χ2n) is 3.45. The molecule has 0 spiro atoms. The fourth-order valence-corrected chi connectivity index (χ4v) is 1.78. The van der Waals surface area contributed by atoms with Crippen LogP contribution in [-0.2, 0) is 4.74 Å². The summed E-state index contributed by atoms with van der Waals surface area (Å²) in [6.07, 6.45) is -0.771. The number of nitrogens with one attached hydrogen (secondary N) is 1. The van der Waals surface area contributed by atoms with Gasteiger partial charge >= 0.3 is 0 Å². The SMILES string of the molecule is Fc1cc(F)c(C2CNCCO2)c(F)c1Cl. The van der Waals surface area contributed by atoms with Gasteiger partial charge < -0.3 is 10.1 Å². The van der Waals surface area contributed by atoms with E-state index in [0.717, 1.165) is 0 Å². The molecule has 1 aromatic carbocycles. The van der Waals surface area contributed by atoms with E-state index in [0.29, 0.717) is 19.2 Å². The van der Waals surface area contributed by atoms with Crippen molar-refractivity contribution in [1.29, 1.82) is 0 Å². The zero-order valence-corrected chi connectivity index (χ0v) is 8.95. The summed E-state index contributed by atoms with van der Waals surface area (Å²) in [5, 5.41) is 2.22. The molecule has 1 aliphatic heterocycles.